The number of hydrogen-bond acceptors (Lipinski definition) is 5. The van der Waals surface area contributed by atoms with E-state index in [4.69, 9.17) is 25.8 Å². The van der Waals surface area contributed by atoms with Gasteiger partial charge in [0.1, 0.15) is 5.75 Å². The second-order valence-corrected chi connectivity index (χ2v) is 8.98. The van der Waals surface area contributed by atoms with Crippen LogP contribution in [0.2, 0.25) is 5.02 Å². The largest absolute Gasteiger partial charge is 0.494 e. The zero-order valence-electron chi connectivity index (χ0n) is 19.3. The summed E-state index contributed by atoms with van der Waals surface area (Å²) >= 11 is 6.50. The smallest absolute Gasteiger partial charge is 0.181 e. The summed E-state index contributed by atoms with van der Waals surface area (Å²) in [6.45, 7) is 2.79. The Morgan fingerprint density at radius 1 is 1.03 bits per heavy atom. The van der Waals surface area contributed by atoms with Gasteiger partial charge in [0.05, 0.1) is 31.5 Å². The van der Waals surface area contributed by atoms with Crippen molar-refractivity contribution in [1.82, 2.24) is 0 Å². The summed E-state index contributed by atoms with van der Waals surface area (Å²) in [6, 6.07) is 23.1. The van der Waals surface area contributed by atoms with E-state index in [-0.39, 0.29) is 18.8 Å². The molecule has 4 atom stereocenters. The average Bonchev–Trinajstić information content (AvgIpc) is 2.85. The van der Waals surface area contributed by atoms with Crippen LogP contribution < -0.4 is 4.74 Å². The second kappa shape index (κ2) is 11.8. The summed E-state index contributed by atoms with van der Waals surface area (Å²) in [6.07, 6.45) is -0.485. The van der Waals surface area contributed by atoms with Crippen molar-refractivity contribution >= 4 is 11.6 Å². The number of aliphatic hydroxyl groups is 2. The SMILES string of the molecule is CCOc1ccc(Cc2cc(C3CC(O)CC(COC(O)c4ccccc4)O3)ccc2Cl)cc1. The Hall–Kier alpha value is -2.41. The van der Waals surface area contributed by atoms with Gasteiger partial charge in [-0.25, -0.2) is 0 Å². The fourth-order valence-electron chi connectivity index (χ4n) is 4.25. The Bertz CT molecular complexity index is 1040. The molecule has 2 N–H and O–H groups in total. The summed E-state index contributed by atoms with van der Waals surface area (Å²) in [4.78, 5) is 0. The molecule has 3 aromatic carbocycles. The van der Waals surface area contributed by atoms with Crippen LogP contribution in [0.4, 0.5) is 0 Å². The monoisotopic (exact) mass is 482 g/mol. The van der Waals surface area contributed by atoms with Crippen molar-refractivity contribution in [3.63, 3.8) is 0 Å². The first kappa shape index (κ1) is 24.7. The number of halogens is 1. The third-order valence-electron chi connectivity index (χ3n) is 5.97. The molecule has 4 rings (SSSR count). The normalized spacial score (nSPS) is 21.2. The fourth-order valence-corrected chi connectivity index (χ4v) is 4.43. The molecule has 0 bridgehead atoms. The van der Waals surface area contributed by atoms with E-state index in [1.54, 1.807) is 0 Å². The molecule has 0 aromatic heterocycles. The van der Waals surface area contributed by atoms with Gasteiger partial charge in [0.15, 0.2) is 6.29 Å². The first-order chi connectivity index (χ1) is 16.5. The predicted octanol–water partition coefficient (Wildman–Crippen LogP) is 5.62. The van der Waals surface area contributed by atoms with E-state index >= 15 is 0 Å². The molecule has 34 heavy (non-hydrogen) atoms. The van der Waals surface area contributed by atoms with Crippen LogP contribution in [0.15, 0.2) is 72.8 Å². The van der Waals surface area contributed by atoms with Crippen LogP contribution >= 0.6 is 11.6 Å². The van der Waals surface area contributed by atoms with Crippen LogP contribution in [0.5, 0.6) is 5.75 Å². The Labute approximate surface area is 205 Å². The minimum atomic E-state index is -1.03. The molecule has 1 aliphatic heterocycles. The van der Waals surface area contributed by atoms with Gasteiger partial charge >= 0.3 is 0 Å². The minimum absolute atomic E-state index is 0.191. The van der Waals surface area contributed by atoms with Crippen LogP contribution in [0.3, 0.4) is 0 Å². The van der Waals surface area contributed by atoms with Gasteiger partial charge in [-0.15, -0.1) is 0 Å². The Morgan fingerprint density at radius 3 is 2.53 bits per heavy atom. The van der Waals surface area contributed by atoms with Crippen molar-refractivity contribution in [2.75, 3.05) is 13.2 Å². The van der Waals surface area contributed by atoms with Gasteiger partial charge in [0, 0.05) is 23.4 Å². The molecule has 0 spiro atoms. The van der Waals surface area contributed by atoms with Gasteiger partial charge in [0.25, 0.3) is 0 Å². The molecular formula is C28H31ClO5. The number of ether oxygens (including phenoxy) is 3. The highest BCUT2D eigenvalue weighted by atomic mass is 35.5. The molecule has 0 aliphatic carbocycles. The molecule has 1 aliphatic rings. The van der Waals surface area contributed by atoms with E-state index in [1.165, 1.54) is 0 Å². The highest BCUT2D eigenvalue weighted by molar-refractivity contribution is 6.31. The quantitative estimate of drug-likeness (QED) is 0.387. The van der Waals surface area contributed by atoms with Gasteiger partial charge in [-0.1, -0.05) is 66.2 Å². The van der Waals surface area contributed by atoms with Crippen LogP contribution in [0.1, 0.15) is 54.4 Å². The van der Waals surface area contributed by atoms with E-state index in [1.807, 2.05) is 73.7 Å². The molecular weight excluding hydrogens is 452 g/mol. The molecule has 5 nitrogen and oxygen atoms in total. The van der Waals surface area contributed by atoms with Gasteiger partial charge in [0.2, 0.25) is 0 Å². The van der Waals surface area contributed by atoms with E-state index in [2.05, 4.69) is 6.07 Å². The fraction of sp³-hybridized carbons (Fsp3) is 0.357. The minimum Gasteiger partial charge on any atom is -0.494 e. The van der Waals surface area contributed by atoms with Crippen molar-refractivity contribution in [3.05, 3.63) is 100 Å². The van der Waals surface area contributed by atoms with Gasteiger partial charge in [-0.2, -0.15) is 0 Å². The van der Waals surface area contributed by atoms with Gasteiger partial charge in [-0.3, -0.25) is 0 Å². The van der Waals surface area contributed by atoms with E-state index in [0.717, 1.165) is 22.4 Å². The molecule has 4 unspecified atom stereocenters. The summed E-state index contributed by atoms with van der Waals surface area (Å²) in [5, 5.41) is 21.5. The number of hydrogen-bond donors (Lipinski definition) is 2. The van der Waals surface area contributed by atoms with Crippen molar-refractivity contribution in [2.45, 2.75) is 50.8 Å². The second-order valence-electron chi connectivity index (χ2n) is 8.57. The van der Waals surface area contributed by atoms with Gasteiger partial charge in [-0.05, 0) is 48.2 Å². The lowest BCUT2D eigenvalue weighted by atomic mass is 9.94. The molecule has 1 fully saturated rings. The van der Waals surface area contributed by atoms with Crippen LogP contribution in [0.25, 0.3) is 0 Å². The van der Waals surface area contributed by atoms with Crippen LogP contribution in [0, 0.1) is 0 Å². The molecule has 0 amide bonds. The van der Waals surface area contributed by atoms with Crippen molar-refractivity contribution in [2.24, 2.45) is 0 Å². The predicted molar refractivity (Wildman–Crippen MR) is 132 cm³/mol. The van der Waals surface area contributed by atoms with Crippen molar-refractivity contribution in [1.29, 1.82) is 0 Å². The van der Waals surface area contributed by atoms with Gasteiger partial charge < -0.3 is 24.4 Å². The lowest BCUT2D eigenvalue weighted by Crippen LogP contribution is -2.34. The lowest BCUT2D eigenvalue weighted by Gasteiger charge is -2.34. The molecule has 6 heteroatoms. The molecule has 3 aromatic rings. The highest BCUT2D eigenvalue weighted by Gasteiger charge is 2.30. The molecule has 0 radical (unpaired) electrons. The van der Waals surface area contributed by atoms with Crippen molar-refractivity contribution < 1.29 is 24.4 Å². The zero-order chi connectivity index (χ0) is 23.9. The number of aliphatic hydroxyl groups excluding tert-OH is 2. The molecule has 1 heterocycles. The molecule has 1 saturated heterocycles. The zero-order valence-corrected chi connectivity index (χ0v) is 20.0. The topological polar surface area (TPSA) is 68.2 Å². The van der Waals surface area contributed by atoms with E-state index in [9.17, 15) is 10.2 Å². The van der Waals surface area contributed by atoms with Crippen molar-refractivity contribution in [3.8, 4) is 5.75 Å². The summed E-state index contributed by atoms with van der Waals surface area (Å²) < 4.78 is 17.4. The highest BCUT2D eigenvalue weighted by Crippen LogP contribution is 2.34. The van der Waals surface area contributed by atoms with Crippen LogP contribution in [-0.2, 0) is 15.9 Å². The standard InChI is InChI=1S/C28H31ClO5/c1-2-32-24-11-8-19(9-12-24)14-22-15-21(10-13-26(22)29)27-17-23(30)16-25(34-27)18-33-28(31)20-6-4-3-5-7-20/h3-13,15,23,25,27-28,30-31H,2,14,16-18H2,1H3. The maximum absolute atomic E-state index is 10.5. The maximum atomic E-state index is 10.5. The summed E-state index contributed by atoms with van der Waals surface area (Å²) in [7, 11) is 0. The maximum Gasteiger partial charge on any atom is 0.181 e. The summed E-state index contributed by atoms with van der Waals surface area (Å²) in [5.74, 6) is 0.848. The third-order valence-corrected chi connectivity index (χ3v) is 6.34. The van der Waals surface area contributed by atoms with Crippen LogP contribution in [-0.4, -0.2) is 35.6 Å². The van der Waals surface area contributed by atoms with E-state index < -0.39 is 12.4 Å². The first-order valence-electron chi connectivity index (χ1n) is 11.7. The third kappa shape index (κ3) is 6.59. The number of benzene rings is 3. The Morgan fingerprint density at radius 2 is 1.79 bits per heavy atom. The first-order valence-corrected chi connectivity index (χ1v) is 12.1. The Balaban J connectivity index is 1.41. The molecule has 0 saturated carbocycles. The summed E-state index contributed by atoms with van der Waals surface area (Å²) in [5.41, 5.74) is 3.79. The lowest BCUT2D eigenvalue weighted by molar-refractivity contribution is -0.169. The molecule has 180 valence electrons. The average molecular weight is 483 g/mol. The Kier molecular flexibility index (Phi) is 8.59. The number of rotatable bonds is 9. The van der Waals surface area contributed by atoms with E-state index in [0.29, 0.717) is 36.5 Å².